The molecule has 0 spiro atoms. The van der Waals surface area contributed by atoms with E-state index in [1.807, 2.05) is 0 Å². The predicted molar refractivity (Wildman–Crippen MR) is 72.3 cm³/mol. The van der Waals surface area contributed by atoms with Crippen LogP contribution < -0.4 is 0 Å². The molecular weight excluding hydrogens is 270 g/mol. The average Bonchev–Trinajstić information content (AvgIpc) is 2.89. The summed E-state index contributed by atoms with van der Waals surface area (Å²) >= 11 is 0. The summed E-state index contributed by atoms with van der Waals surface area (Å²) in [6.45, 7) is 1.57. The molecule has 1 fully saturated rings. The van der Waals surface area contributed by atoms with Crippen LogP contribution in [-0.2, 0) is 0 Å². The number of fused-ring (bicyclic) bond motifs is 1. The molecule has 0 aromatic carbocycles. The highest BCUT2D eigenvalue weighted by Gasteiger charge is 2.23. The first-order chi connectivity index (χ1) is 10.3. The van der Waals surface area contributed by atoms with E-state index < -0.39 is 0 Å². The molecule has 1 aliphatic rings. The van der Waals surface area contributed by atoms with E-state index in [-0.39, 0.29) is 5.91 Å². The van der Waals surface area contributed by atoms with E-state index in [1.165, 1.54) is 4.52 Å². The minimum atomic E-state index is -0.0724. The largest absolute Gasteiger partial charge is 0.337 e. The molecule has 1 amide bonds. The van der Waals surface area contributed by atoms with Gasteiger partial charge in [-0.1, -0.05) is 0 Å². The van der Waals surface area contributed by atoms with E-state index in [9.17, 15) is 4.79 Å². The molecule has 21 heavy (non-hydrogen) atoms. The zero-order chi connectivity index (χ0) is 14.2. The zero-order valence-electron chi connectivity index (χ0n) is 11.0. The number of nitrogens with zero attached hydrogens (tertiary/aromatic N) is 7. The van der Waals surface area contributed by atoms with Crippen molar-refractivity contribution in [3.8, 4) is 11.6 Å². The maximum atomic E-state index is 12.2. The molecule has 8 heteroatoms. The maximum absolute atomic E-state index is 12.2. The van der Waals surface area contributed by atoms with Gasteiger partial charge in [0, 0.05) is 25.5 Å². The van der Waals surface area contributed by atoms with E-state index in [4.69, 9.17) is 0 Å². The molecule has 4 heterocycles. The third-order valence-corrected chi connectivity index (χ3v) is 3.39. The fourth-order valence-electron chi connectivity index (χ4n) is 2.14. The van der Waals surface area contributed by atoms with Crippen molar-refractivity contribution in [2.45, 2.75) is 6.42 Å². The number of hydrogen-bond acceptors (Lipinski definition) is 6. The molecule has 0 bridgehead atoms. The summed E-state index contributed by atoms with van der Waals surface area (Å²) in [6, 6.07) is 5.11. The van der Waals surface area contributed by atoms with Gasteiger partial charge < -0.3 is 4.90 Å². The summed E-state index contributed by atoms with van der Waals surface area (Å²) < 4.78 is 1.50. The molecule has 3 aromatic rings. The molecule has 3 aromatic heterocycles. The standard InChI is InChI=1S/C13H11N7O/c21-13(19-7-2-8-19)9-3-4-10-16-17-12(20(10)18-9)11-14-5-1-6-15-11/h1,3-6H,2,7-8H2. The van der Waals surface area contributed by atoms with Gasteiger partial charge in [0.1, 0.15) is 5.69 Å². The minimum absolute atomic E-state index is 0.0724. The first-order valence-corrected chi connectivity index (χ1v) is 6.62. The molecule has 0 aliphatic carbocycles. The third kappa shape index (κ3) is 1.92. The second-order valence-corrected chi connectivity index (χ2v) is 4.73. The Balaban J connectivity index is 1.81. The maximum Gasteiger partial charge on any atom is 0.274 e. The summed E-state index contributed by atoms with van der Waals surface area (Å²) in [6.07, 6.45) is 4.29. The quantitative estimate of drug-likeness (QED) is 0.676. The zero-order valence-corrected chi connectivity index (χ0v) is 11.0. The van der Waals surface area contributed by atoms with Crippen molar-refractivity contribution in [2.75, 3.05) is 13.1 Å². The number of amides is 1. The van der Waals surface area contributed by atoms with Crippen molar-refractivity contribution in [1.29, 1.82) is 0 Å². The molecule has 4 rings (SSSR count). The lowest BCUT2D eigenvalue weighted by molar-refractivity contribution is 0.0644. The SMILES string of the molecule is O=C(c1ccc2nnc(-c3ncccn3)n2n1)N1CCC1. The molecule has 104 valence electrons. The highest BCUT2D eigenvalue weighted by Crippen LogP contribution is 2.15. The average molecular weight is 281 g/mol. The number of aromatic nitrogens is 6. The van der Waals surface area contributed by atoms with Gasteiger partial charge in [0.15, 0.2) is 11.5 Å². The van der Waals surface area contributed by atoms with Gasteiger partial charge >= 0.3 is 0 Å². The summed E-state index contributed by atoms with van der Waals surface area (Å²) in [4.78, 5) is 22.3. The monoisotopic (exact) mass is 281 g/mol. The summed E-state index contributed by atoms with van der Waals surface area (Å²) in [7, 11) is 0. The first kappa shape index (κ1) is 11.9. The van der Waals surface area contributed by atoms with Crippen LogP contribution in [0.5, 0.6) is 0 Å². The molecular formula is C13H11N7O. The van der Waals surface area contributed by atoms with Gasteiger partial charge in [0.05, 0.1) is 0 Å². The number of likely N-dealkylation sites (tertiary alicyclic amines) is 1. The summed E-state index contributed by atoms with van der Waals surface area (Å²) in [5.74, 6) is 0.770. The van der Waals surface area contributed by atoms with Gasteiger partial charge in [-0.2, -0.15) is 9.61 Å². The summed E-state index contributed by atoms with van der Waals surface area (Å²) in [5.41, 5.74) is 0.928. The van der Waals surface area contributed by atoms with Crippen molar-refractivity contribution in [3.05, 3.63) is 36.3 Å². The van der Waals surface area contributed by atoms with Crippen LogP contribution in [0.2, 0.25) is 0 Å². The van der Waals surface area contributed by atoms with Crippen LogP contribution in [0.4, 0.5) is 0 Å². The molecule has 1 aliphatic heterocycles. The Hall–Kier alpha value is -2.90. The van der Waals surface area contributed by atoms with Gasteiger partial charge in [0.25, 0.3) is 5.91 Å². The van der Waals surface area contributed by atoms with Crippen LogP contribution in [-0.4, -0.2) is 53.7 Å². The van der Waals surface area contributed by atoms with E-state index in [2.05, 4.69) is 25.3 Å². The van der Waals surface area contributed by atoms with Gasteiger partial charge in [-0.15, -0.1) is 10.2 Å². The predicted octanol–water partition coefficient (Wildman–Crippen LogP) is 0.427. The number of carbonyl (C=O) groups is 1. The van der Waals surface area contributed by atoms with Gasteiger partial charge in [-0.3, -0.25) is 4.79 Å². The molecule has 0 unspecified atom stereocenters. The lowest BCUT2D eigenvalue weighted by atomic mass is 10.2. The van der Waals surface area contributed by atoms with E-state index in [0.29, 0.717) is 23.0 Å². The molecule has 0 saturated carbocycles. The fraction of sp³-hybridized carbons (Fsp3) is 0.231. The normalized spacial score (nSPS) is 14.2. The molecule has 1 saturated heterocycles. The van der Waals surface area contributed by atoms with Crippen molar-refractivity contribution in [2.24, 2.45) is 0 Å². The highest BCUT2D eigenvalue weighted by molar-refractivity contribution is 5.92. The molecule has 8 nitrogen and oxygen atoms in total. The Labute approximate surface area is 119 Å². The van der Waals surface area contributed by atoms with E-state index >= 15 is 0 Å². The Morgan fingerprint density at radius 1 is 1.10 bits per heavy atom. The van der Waals surface area contributed by atoms with Gasteiger partial charge in [-0.05, 0) is 24.6 Å². The van der Waals surface area contributed by atoms with Crippen LogP contribution >= 0.6 is 0 Å². The van der Waals surface area contributed by atoms with Crippen LogP contribution in [0.15, 0.2) is 30.6 Å². The smallest absolute Gasteiger partial charge is 0.274 e. The van der Waals surface area contributed by atoms with Crippen molar-refractivity contribution in [3.63, 3.8) is 0 Å². The van der Waals surface area contributed by atoms with E-state index in [1.54, 1.807) is 35.5 Å². The van der Waals surface area contributed by atoms with Crippen LogP contribution in [0.3, 0.4) is 0 Å². The first-order valence-electron chi connectivity index (χ1n) is 6.62. The van der Waals surface area contributed by atoms with Crippen LogP contribution in [0.25, 0.3) is 17.3 Å². The molecule has 0 N–H and O–H groups in total. The Bertz CT molecular complexity index is 810. The number of hydrogen-bond donors (Lipinski definition) is 0. The lowest BCUT2D eigenvalue weighted by Gasteiger charge is -2.30. The van der Waals surface area contributed by atoms with Crippen molar-refractivity contribution < 1.29 is 4.79 Å². The van der Waals surface area contributed by atoms with Crippen LogP contribution in [0, 0.1) is 0 Å². The van der Waals surface area contributed by atoms with E-state index in [0.717, 1.165) is 19.5 Å². The minimum Gasteiger partial charge on any atom is -0.337 e. The van der Waals surface area contributed by atoms with Crippen molar-refractivity contribution >= 4 is 11.6 Å². The second-order valence-electron chi connectivity index (χ2n) is 4.73. The molecule has 0 radical (unpaired) electrons. The van der Waals surface area contributed by atoms with Gasteiger partial charge in [0.2, 0.25) is 5.82 Å². The molecule has 0 atom stereocenters. The Morgan fingerprint density at radius 3 is 2.62 bits per heavy atom. The topological polar surface area (TPSA) is 89.2 Å². The van der Waals surface area contributed by atoms with Crippen LogP contribution in [0.1, 0.15) is 16.9 Å². The number of carbonyl (C=O) groups excluding carboxylic acids is 1. The Kier molecular flexibility index (Phi) is 2.59. The van der Waals surface area contributed by atoms with Crippen molar-refractivity contribution in [1.82, 2.24) is 34.7 Å². The second kappa shape index (κ2) is 4.58. The Morgan fingerprint density at radius 2 is 1.90 bits per heavy atom. The lowest BCUT2D eigenvalue weighted by Crippen LogP contribution is -2.42. The fourth-order valence-corrected chi connectivity index (χ4v) is 2.14. The summed E-state index contributed by atoms with van der Waals surface area (Å²) in [5, 5.41) is 12.4. The highest BCUT2D eigenvalue weighted by atomic mass is 16.2. The van der Waals surface area contributed by atoms with Gasteiger partial charge in [-0.25, -0.2) is 9.97 Å². The third-order valence-electron chi connectivity index (χ3n) is 3.39. The number of rotatable bonds is 2.